The lowest BCUT2D eigenvalue weighted by molar-refractivity contribution is -0.145. The van der Waals surface area contributed by atoms with Gasteiger partial charge >= 0.3 is 11.9 Å². The SMILES string of the molecule is CCOC(=O)CNC(=O)C(CSC(=O)CCC[P+](c1ccccc1)(c1ccccc1)c1ccccc1)NC(=O)CCC(N)C(=O)OCC. The van der Waals surface area contributed by atoms with Crippen LogP contribution in [0.5, 0.6) is 0 Å². The minimum Gasteiger partial charge on any atom is -0.465 e. The summed E-state index contributed by atoms with van der Waals surface area (Å²) in [6.07, 6.45) is 1.51. The van der Waals surface area contributed by atoms with Crippen molar-refractivity contribution in [2.45, 2.75) is 51.6 Å². The first kappa shape index (κ1) is 38.4. The van der Waals surface area contributed by atoms with Gasteiger partial charge in [0.2, 0.25) is 11.8 Å². The maximum atomic E-state index is 13.2. The molecule has 0 radical (unpaired) electrons. The van der Waals surface area contributed by atoms with Gasteiger partial charge in [0.05, 0.1) is 19.4 Å². The molecule has 2 atom stereocenters. The van der Waals surface area contributed by atoms with E-state index in [1.807, 2.05) is 54.6 Å². The van der Waals surface area contributed by atoms with Crippen LogP contribution in [0, 0.1) is 0 Å². The van der Waals surface area contributed by atoms with Gasteiger partial charge in [-0.2, -0.15) is 0 Å². The highest BCUT2D eigenvalue weighted by molar-refractivity contribution is 8.13. The average Bonchev–Trinajstić information content (AvgIpc) is 3.11. The number of amides is 2. The second kappa shape index (κ2) is 20.3. The molecule has 2 amide bonds. The third kappa shape index (κ3) is 11.6. The Morgan fingerprint density at radius 2 is 1.29 bits per heavy atom. The summed E-state index contributed by atoms with van der Waals surface area (Å²) < 4.78 is 9.75. The molecule has 0 aromatic heterocycles. The zero-order valence-corrected chi connectivity index (χ0v) is 29.2. The Hall–Kier alpha value is -4.05. The summed E-state index contributed by atoms with van der Waals surface area (Å²) in [6, 6.07) is 29.1. The molecule has 0 spiro atoms. The van der Waals surface area contributed by atoms with Gasteiger partial charge in [-0.3, -0.25) is 24.0 Å². The van der Waals surface area contributed by atoms with E-state index >= 15 is 0 Å². The molecule has 0 aliphatic carbocycles. The van der Waals surface area contributed by atoms with Crippen LogP contribution in [-0.4, -0.2) is 72.6 Å². The topological polar surface area (TPSA) is 154 Å². The lowest BCUT2D eigenvalue weighted by Gasteiger charge is -2.27. The maximum absolute atomic E-state index is 13.2. The van der Waals surface area contributed by atoms with E-state index in [0.29, 0.717) is 6.42 Å². The molecule has 0 aliphatic rings. The van der Waals surface area contributed by atoms with E-state index < -0.39 is 43.1 Å². The number of carbonyl (C=O) groups excluding carboxylic acids is 5. The fraction of sp³-hybridized carbons (Fsp3) is 0.361. The molecule has 3 rings (SSSR count). The molecule has 3 aromatic carbocycles. The van der Waals surface area contributed by atoms with Crippen molar-refractivity contribution in [1.82, 2.24) is 10.6 Å². The van der Waals surface area contributed by atoms with Crippen LogP contribution in [0.4, 0.5) is 0 Å². The number of nitrogens with one attached hydrogen (secondary N) is 2. The number of carbonyl (C=O) groups is 5. The second-order valence-electron chi connectivity index (χ2n) is 10.9. The molecule has 0 heterocycles. The van der Waals surface area contributed by atoms with Crippen LogP contribution in [0.25, 0.3) is 0 Å². The van der Waals surface area contributed by atoms with Crippen molar-refractivity contribution in [1.29, 1.82) is 0 Å². The fourth-order valence-electron chi connectivity index (χ4n) is 5.19. The summed E-state index contributed by atoms with van der Waals surface area (Å²) in [4.78, 5) is 62.6. The third-order valence-corrected chi connectivity index (χ3v) is 13.1. The van der Waals surface area contributed by atoms with Gasteiger partial charge in [0, 0.05) is 18.6 Å². The fourth-order valence-corrected chi connectivity index (χ4v) is 10.4. The Morgan fingerprint density at radius 3 is 1.79 bits per heavy atom. The van der Waals surface area contributed by atoms with E-state index in [9.17, 15) is 24.0 Å². The zero-order chi connectivity index (χ0) is 34.8. The summed E-state index contributed by atoms with van der Waals surface area (Å²) in [6.45, 7) is 3.25. The summed E-state index contributed by atoms with van der Waals surface area (Å²) in [5.41, 5.74) is 5.81. The molecule has 0 saturated carbocycles. The molecule has 0 fully saturated rings. The Bertz CT molecular complexity index is 1380. The number of thioether (sulfide) groups is 1. The molecule has 12 heteroatoms. The van der Waals surface area contributed by atoms with E-state index in [1.165, 1.54) is 15.9 Å². The molecule has 2 unspecified atom stereocenters. The Morgan fingerprint density at radius 1 is 0.771 bits per heavy atom. The van der Waals surface area contributed by atoms with Crippen LogP contribution in [-0.2, 0) is 33.4 Å². The van der Waals surface area contributed by atoms with E-state index in [2.05, 4.69) is 47.0 Å². The normalized spacial score (nSPS) is 12.3. The highest BCUT2D eigenvalue weighted by atomic mass is 32.2. The van der Waals surface area contributed by atoms with Crippen LogP contribution in [0.1, 0.15) is 39.5 Å². The van der Waals surface area contributed by atoms with E-state index in [1.54, 1.807) is 13.8 Å². The van der Waals surface area contributed by atoms with Gasteiger partial charge in [0.25, 0.3) is 0 Å². The average molecular weight is 695 g/mol. The minimum absolute atomic E-state index is 0.0169. The number of ether oxygens (including phenoxy) is 2. The highest BCUT2D eigenvalue weighted by Crippen LogP contribution is 2.56. The van der Waals surface area contributed by atoms with Crippen LogP contribution in [0.2, 0.25) is 0 Å². The lowest BCUT2D eigenvalue weighted by atomic mass is 10.1. The predicted octanol–water partition coefficient (Wildman–Crippen LogP) is 2.86. The number of hydrogen-bond donors (Lipinski definition) is 3. The van der Waals surface area contributed by atoms with E-state index in [0.717, 1.165) is 17.9 Å². The largest absolute Gasteiger partial charge is 0.465 e. The molecule has 10 nitrogen and oxygen atoms in total. The lowest BCUT2D eigenvalue weighted by Crippen LogP contribution is -2.49. The second-order valence-corrected chi connectivity index (χ2v) is 15.6. The molecule has 0 saturated heterocycles. The highest BCUT2D eigenvalue weighted by Gasteiger charge is 2.44. The first-order chi connectivity index (χ1) is 23.2. The van der Waals surface area contributed by atoms with Gasteiger partial charge in [0.1, 0.15) is 41.8 Å². The summed E-state index contributed by atoms with van der Waals surface area (Å²) in [5.74, 6) is -2.44. The number of esters is 2. The van der Waals surface area contributed by atoms with Crippen molar-refractivity contribution < 1.29 is 33.4 Å². The molecule has 256 valence electrons. The first-order valence-electron chi connectivity index (χ1n) is 16.1. The monoisotopic (exact) mass is 694 g/mol. The van der Waals surface area contributed by atoms with Crippen LogP contribution < -0.4 is 32.3 Å². The zero-order valence-electron chi connectivity index (χ0n) is 27.5. The molecule has 4 N–H and O–H groups in total. The summed E-state index contributed by atoms with van der Waals surface area (Å²) in [7, 11) is -2.10. The van der Waals surface area contributed by atoms with Gasteiger partial charge < -0.3 is 25.8 Å². The van der Waals surface area contributed by atoms with Crippen molar-refractivity contribution in [3.8, 4) is 0 Å². The molecule has 3 aromatic rings. The smallest absolute Gasteiger partial charge is 0.325 e. The first-order valence-corrected chi connectivity index (χ1v) is 19.0. The number of benzene rings is 3. The molecule has 0 bridgehead atoms. The van der Waals surface area contributed by atoms with Crippen molar-refractivity contribution in [2.75, 3.05) is 31.7 Å². The van der Waals surface area contributed by atoms with Gasteiger partial charge in [-0.1, -0.05) is 66.4 Å². The van der Waals surface area contributed by atoms with Crippen molar-refractivity contribution in [3.63, 3.8) is 0 Å². The Balaban J connectivity index is 1.70. The quantitative estimate of drug-likeness (QED) is 0.127. The van der Waals surface area contributed by atoms with Crippen LogP contribution in [0.15, 0.2) is 91.0 Å². The minimum atomic E-state index is -2.10. The standard InChI is InChI=1S/C36H44N3O7PS/c1-3-45-33(41)25-38-35(43)31(39-32(40)23-22-30(37)36(44)46-4-2)26-48-34(42)21-14-24-47(27-15-8-5-9-16-27,28-17-10-6-11-18-28)29-19-12-7-13-20-29/h5-13,15-20,30-31H,3-4,14,21-26,37H2,1-2H3,(H-,38,39,40,43)/p+1. The van der Waals surface area contributed by atoms with Gasteiger partial charge in [-0.15, -0.1) is 0 Å². The molecular weight excluding hydrogens is 649 g/mol. The third-order valence-electron chi connectivity index (χ3n) is 7.51. The maximum Gasteiger partial charge on any atom is 0.325 e. The van der Waals surface area contributed by atoms with Gasteiger partial charge in [-0.05, 0) is 63.1 Å². The van der Waals surface area contributed by atoms with Crippen LogP contribution in [0.3, 0.4) is 0 Å². The summed E-state index contributed by atoms with van der Waals surface area (Å²) in [5, 5.41) is 8.65. The van der Waals surface area contributed by atoms with Crippen molar-refractivity contribution >= 4 is 63.8 Å². The van der Waals surface area contributed by atoms with Crippen LogP contribution >= 0.6 is 19.0 Å². The summed E-state index contributed by atoms with van der Waals surface area (Å²) >= 11 is 0.956. The molecular formula is C36H45N3O7PS+. The van der Waals surface area contributed by atoms with Gasteiger partial charge in [-0.25, -0.2) is 0 Å². The Labute approximate surface area is 287 Å². The number of nitrogens with two attached hydrogens (primary N) is 1. The van der Waals surface area contributed by atoms with E-state index in [-0.39, 0.29) is 49.9 Å². The van der Waals surface area contributed by atoms with E-state index in [4.69, 9.17) is 15.2 Å². The Kier molecular flexibility index (Phi) is 16.3. The molecule has 0 aliphatic heterocycles. The van der Waals surface area contributed by atoms with Gasteiger partial charge in [0.15, 0.2) is 5.12 Å². The number of hydrogen-bond acceptors (Lipinski definition) is 9. The predicted molar refractivity (Wildman–Crippen MR) is 192 cm³/mol. The molecule has 48 heavy (non-hydrogen) atoms. The number of rotatable bonds is 19. The van der Waals surface area contributed by atoms with Crippen molar-refractivity contribution in [2.24, 2.45) is 5.73 Å². The van der Waals surface area contributed by atoms with Crippen molar-refractivity contribution in [3.05, 3.63) is 91.0 Å².